The van der Waals surface area contributed by atoms with E-state index in [-0.39, 0.29) is 16.8 Å². The Morgan fingerprint density at radius 1 is 1.26 bits per heavy atom. The lowest BCUT2D eigenvalue weighted by Crippen LogP contribution is -2.41. The normalized spacial score (nSPS) is 16.4. The molecule has 1 aromatic heterocycles. The van der Waals surface area contributed by atoms with E-state index in [1.54, 1.807) is 0 Å². The number of ether oxygens (including phenoxy) is 1. The Morgan fingerprint density at radius 3 is 2.77 bits per heavy atom. The standard InChI is InChI=1S/C23H24ClFN4O2/c1-2-12-31-23-21(27-19-7-3-4-8-20(19)28-23)29-11-5-6-15(14-29)22(30)26-16-9-10-18(25)17(24)13-16/h3-4,7-10,13,15H,2,5-6,11-12,14H2,1H3,(H,26,30)/t15-/m1/s1. The molecule has 3 aromatic rings. The van der Waals surface area contributed by atoms with Crippen molar-refractivity contribution in [3.05, 3.63) is 53.3 Å². The number of halogens is 2. The highest BCUT2D eigenvalue weighted by molar-refractivity contribution is 6.31. The monoisotopic (exact) mass is 442 g/mol. The highest BCUT2D eigenvalue weighted by Gasteiger charge is 2.29. The summed E-state index contributed by atoms with van der Waals surface area (Å²) >= 11 is 5.83. The van der Waals surface area contributed by atoms with E-state index in [1.165, 1.54) is 18.2 Å². The van der Waals surface area contributed by atoms with Crippen molar-refractivity contribution in [1.82, 2.24) is 9.97 Å². The van der Waals surface area contributed by atoms with Gasteiger partial charge in [0.15, 0.2) is 5.82 Å². The summed E-state index contributed by atoms with van der Waals surface area (Å²) in [6, 6.07) is 11.8. The molecule has 1 amide bonds. The second-order valence-electron chi connectivity index (χ2n) is 7.59. The lowest BCUT2D eigenvalue weighted by molar-refractivity contribution is -0.120. The van der Waals surface area contributed by atoms with Crippen LogP contribution in [0.4, 0.5) is 15.9 Å². The van der Waals surface area contributed by atoms with Crippen LogP contribution in [0.25, 0.3) is 11.0 Å². The minimum absolute atomic E-state index is 0.0211. The SMILES string of the molecule is CCCOc1nc2ccccc2nc1N1CCC[C@@H](C(=O)Nc2ccc(F)c(Cl)c2)C1. The molecule has 1 aliphatic heterocycles. The fraction of sp³-hybridized carbons (Fsp3) is 0.348. The third kappa shape index (κ3) is 4.88. The molecule has 6 nitrogen and oxygen atoms in total. The van der Waals surface area contributed by atoms with Gasteiger partial charge in [0.05, 0.1) is 28.6 Å². The van der Waals surface area contributed by atoms with E-state index in [0.29, 0.717) is 30.5 Å². The first-order chi connectivity index (χ1) is 15.0. The fourth-order valence-corrected chi connectivity index (χ4v) is 3.86. The number of hydrogen-bond donors (Lipinski definition) is 1. The number of nitrogens with one attached hydrogen (secondary N) is 1. The van der Waals surface area contributed by atoms with Crippen molar-refractivity contribution in [2.45, 2.75) is 26.2 Å². The Labute approximate surface area is 185 Å². The van der Waals surface area contributed by atoms with Crippen LogP contribution in [-0.2, 0) is 4.79 Å². The first-order valence-corrected chi connectivity index (χ1v) is 10.8. The molecule has 0 aliphatic carbocycles. The number of nitrogens with zero attached hydrogens (tertiary/aromatic N) is 3. The number of rotatable bonds is 6. The Hall–Kier alpha value is -2.93. The van der Waals surface area contributed by atoms with Crippen molar-refractivity contribution < 1.29 is 13.9 Å². The summed E-state index contributed by atoms with van der Waals surface area (Å²) in [5, 5.41) is 2.83. The van der Waals surface area contributed by atoms with Gasteiger partial charge in [-0.3, -0.25) is 4.79 Å². The Bertz CT molecular complexity index is 1090. The van der Waals surface area contributed by atoms with Gasteiger partial charge in [-0.25, -0.2) is 14.4 Å². The van der Waals surface area contributed by atoms with Crippen LogP contribution in [0.3, 0.4) is 0 Å². The first kappa shape index (κ1) is 21.3. The largest absolute Gasteiger partial charge is 0.475 e. The van der Waals surface area contributed by atoms with Gasteiger partial charge < -0.3 is 15.0 Å². The van der Waals surface area contributed by atoms with Gasteiger partial charge >= 0.3 is 0 Å². The lowest BCUT2D eigenvalue weighted by atomic mass is 9.97. The number of para-hydroxylation sites is 2. The van der Waals surface area contributed by atoms with Gasteiger partial charge in [-0.05, 0) is 49.6 Å². The van der Waals surface area contributed by atoms with Gasteiger partial charge in [-0.1, -0.05) is 30.7 Å². The van der Waals surface area contributed by atoms with Crippen molar-refractivity contribution in [2.24, 2.45) is 5.92 Å². The molecule has 1 saturated heterocycles. The van der Waals surface area contributed by atoms with Crippen molar-refractivity contribution in [3.8, 4) is 5.88 Å². The third-order valence-electron chi connectivity index (χ3n) is 5.24. The van der Waals surface area contributed by atoms with E-state index in [9.17, 15) is 9.18 Å². The van der Waals surface area contributed by atoms with E-state index in [1.807, 2.05) is 31.2 Å². The number of fused-ring (bicyclic) bond motifs is 1. The highest BCUT2D eigenvalue weighted by atomic mass is 35.5. The third-order valence-corrected chi connectivity index (χ3v) is 5.53. The molecule has 2 aromatic carbocycles. The topological polar surface area (TPSA) is 67.4 Å². The van der Waals surface area contributed by atoms with Crippen LogP contribution in [0.15, 0.2) is 42.5 Å². The quantitative estimate of drug-likeness (QED) is 0.577. The molecule has 8 heteroatoms. The molecule has 4 rings (SSSR count). The molecule has 1 aliphatic rings. The second-order valence-corrected chi connectivity index (χ2v) is 8.00. The van der Waals surface area contributed by atoms with Crippen molar-refractivity contribution in [3.63, 3.8) is 0 Å². The number of hydrogen-bond acceptors (Lipinski definition) is 5. The van der Waals surface area contributed by atoms with E-state index in [0.717, 1.165) is 36.8 Å². The number of carbonyl (C=O) groups is 1. The van der Waals surface area contributed by atoms with E-state index in [4.69, 9.17) is 21.3 Å². The smallest absolute Gasteiger partial charge is 0.258 e. The maximum Gasteiger partial charge on any atom is 0.258 e. The summed E-state index contributed by atoms with van der Waals surface area (Å²) in [5.41, 5.74) is 2.04. The average Bonchev–Trinajstić information content (AvgIpc) is 2.79. The molecular formula is C23H24ClFN4O2. The fourth-order valence-electron chi connectivity index (χ4n) is 3.68. The molecule has 0 bridgehead atoms. The van der Waals surface area contributed by atoms with Gasteiger partial charge in [0.25, 0.3) is 5.88 Å². The molecule has 2 heterocycles. The summed E-state index contributed by atoms with van der Waals surface area (Å²) in [4.78, 5) is 24.4. The van der Waals surface area contributed by atoms with Crippen LogP contribution in [0.1, 0.15) is 26.2 Å². The van der Waals surface area contributed by atoms with Crippen LogP contribution in [0.2, 0.25) is 5.02 Å². The van der Waals surface area contributed by atoms with Gasteiger partial charge in [0, 0.05) is 18.8 Å². The number of carbonyl (C=O) groups excluding carboxylic acids is 1. The molecule has 1 N–H and O–H groups in total. The maximum absolute atomic E-state index is 13.4. The number of benzene rings is 2. The predicted molar refractivity (Wildman–Crippen MR) is 120 cm³/mol. The van der Waals surface area contributed by atoms with Crippen LogP contribution >= 0.6 is 11.6 Å². The summed E-state index contributed by atoms with van der Waals surface area (Å²) in [6.07, 6.45) is 2.45. The van der Waals surface area contributed by atoms with E-state index in [2.05, 4.69) is 15.2 Å². The van der Waals surface area contributed by atoms with Gasteiger partial charge in [0.2, 0.25) is 5.91 Å². The van der Waals surface area contributed by atoms with Crippen molar-refractivity contribution in [2.75, 3.05) is 29.9 Å². The predicted octanol–water partition coefficient (Wildman–Crippen LogP) is 5.07. The van der Waals surface area contributed by atoms with E-state index >= 15 is 0 Å². The van der Waals surface area contributed by atoms with Crippen molar-refractivity contribution >= 4 is 40.0 Å². The van der Waals surface area contributed by atoms with Gasteiger partial charge in [0.1, 0.15) is 5.82 Å². The van der Waals surface area contributed by atoms with E-state index < -0.39 is 5.82 Å². The Morgan fingerprint density at radius 2 is 2.03 bits per heavy atom. The highest BCUT2D eigenvalue weighted by Crippen LogP contribution is 2.31. The molecule has 162 valence electrons. The number of piperidine rings is 1. The van der Waals surface area contributed by atoms with Gasteiger partial charge in [-0.2, -0.15) is 0 Å². The summed E-state index contributed by atoms with van der Waals surface area (Å²) in [5.74, 6) is 0.265. The zero-order valence-electron chi connectivity index (χ0n) is 17.3. The molecule has 0 saturated carbocycles. The zero-order valence-corrected chi connectivity index (χ0v) is 18.0. The zero-order chi connectivity index (χ0) is 21.8. The summed E-state index contributed by atoms with van der Waals surface area (Å²) in [6.45, 7) is 3.85. The molecule has 0 radical (unpaired) electrons. The summed E-state index contributed by atoms with van der Waals surface area (Å²) in [7, 11) is 0. The van der Waals surface area contributed by atoms with Crippen LogP contribution < -0.4 is 15.0 Å². The first-order valence-electron chi connectivity index (χ1n) is 10.5. The number of anilines is 2. The number of aromatic nitrogens is 2. The Kier molecular flexibility index (Phi) is 6.51. The molecule has 0 unspecified atom stereocenters. The van der Waals surface area contributed by atoms with Crippen LogP contribution in [0.5, 0.6) is 5.88 Å². The second kappa shape index (κ2) is 9.47. The molecular weight excluding hydrogens is 419 g/mol. The lowest BCUT2D eigenvalue weighted by Gasteiger charge is -2.33. The van der Waals surface area contributed by atoms with Crippen LogP contribution in [0, 0.1) is 11.7 Å². The Balaban J connectivity index is 1.55. The average molecular weight is 443 g/mol. The van der Waals surface area contributed by atoms with Crippen molar-refractivity contribution in [1.29, 1.82) is 0 Å². The molecule has 0 spiro atoms. The maximum atomic E-state index is 13.4. The van der Waals surface area contributed by atoms with Gasteiger partial charge in [-0.15, -0.1) is 0 Å². The van der Waals surface area contributed by atoms with Crippen LogP contribution in [-0.4, -0.2) is 35.6 Å². The molecule has 1 fully saturated rings. The minimum atomic E-state index is -0.516. The number of amides is 1. The minimum Gasteiger partial charge on any atom is -0.475 e. The summed E-state index contributed by atoms with van der Waals surface area (Å²) < 4.78 is 19.3. The molecule has 31 heavy (non-hydrogen) atoms. The molecule has 1 atom stereocenters.